The van der Waals surface area contributed by atoms with Gasteiger partial charge in [0.2, 0.25) is 5.91 Å². The van der Waals surface area contributed by atoms with Gasteiger partial charge in [0.05, 0.1) is 5.60 Å². The van der Waals surface area contributed by atoms with Crippen LogP contribution >= 0.6 is 0 Å². The first-order valence-electron chi connectivity index (χ1n) is 8.83. The van der Waals surface area contributed by atoms with E-state index in [1.165, 1.54) is 12.8 Å². The highest BCUT2D eigenvalue weighted by atomic mass is 16.3. The van der Waals surface area contributed by atoms with Crippen molar-refractivity contribution in [1.82, 2.24) is 4.90 Å². The van der Waals surface area contributed by atoms with E-state index in [1.54, 1.807) is 0 Å². The van der Waals surface area contributed by atoms with Crippen molar-refractivity contribution in [3.8, 4) is 0 Å². The lowest BCUT2D eigenvalue weighted by molar-refractivity contribution is -0.148. The molecule has 3 N–H and O–H groups in total. The van der Waals surface area contributed by atoms with Gasteiger partial charge < -0.3 is 15.7 Å². The highest BCUT2D eigenvalue weighted by Crippen LogP contribution is 2.40. The summed E-state index contributed by atoms with van der Waals surface area (Å²) in [5.74, 6) is 1.35. The molecule has 3 fully saturated rings. The van der Waals surface area contributed by atoms with Crippen LogP contribution in [-0.2, 0) is 4.79 Å². The number of piperidine rings is 1. The molecule has 0 bridgehead atoms. The minimum Gasteiger partial charge on any atom is -0.389 e. The van der Waals surface area contributed by atoms with Gasteiger partial charge in [0.1, 0.15) is 0 Å². The van der Waals surface area contributed by atoms with Crippen molar-refractivity contribution in [2.24, 2.45) is 23.5 Å². The second kappa shape index (κ2) is 6.25. The molecule has 1 saturated heterocycles. The Bertz CT molecular complexity index is 387. The van der Waals surface area contributed by atoms with Gasteiger partial charge >= 0.3 is 0 Å². The number of hydrogen-bond acceptors (Lipinski definition) is 3. The molecule has 120 valence electrons. The number of hydrogen-bond donors (Lipinski definition) is 2. The Kier molecular flexibility index (Phi) is 4.55. The third kappa shape index (κ3) is 3.11. The molecule has 2 aliphatic carbocycles. The van der Waals surface area contributed by atoms with Crippen LogP contribution in [-0.4, -0.2) is 41.1 Å². The highest BCUT2D eigenvalue weighted by Gasteiger charge is 2.44. The molecule has 4 nitrogen and oxygen atoms in total. The molecule has 4 heteroatoms. The molecule has 0 aromatic heterocycles. The summed E-state index contributed by atoms with van der Waals surface area (Å²) in [4.78, 5) is 14.8. The van der Waals surface area contributed by atoms with E-state index in [-0.39, 0.29) is 5.92 Å². The lowest BCUT2D eigenvalue weighted by atomic mass is 9.71. The van der Waals surface area contributed by atoms with Gasteiger partial charge in [-0.25, -0.2) is 0 Å². The number of carbonyl (C=O) groups excluding carboxylic acids is 1. The molecule has 4 atom stereocenters. The van der Waals surface area contributed by atoms with Crippen LogP contribution in [0, 0.1) is 17.8 Å². The predicted molar refractivity (Wildman–Crippen MR) is 82.6 cm³/mol. The van der Waals surface area contributed by atoms with Crippen LogP contribution in [0.4, 0.5) is 0 Å². The third-order valence-corrected chi connectivity index (χ3v) is 6.20. The van der Waals surface area contributed by atoms with Crippen molar-refractivity contribution < 1.29 is 9.90 Å². The minimum atomic E-state index is -0.485. The van der Waals surface area contributed by atoms with Crippen molar-refractivity contribution >= 4 is 5.91 Å². The number of rotatable bonds is 2. The average molecular weight is 294 g/mol. The van der Waals surface area contributed by atoms with Gasteiger partial charge in [0, 0.05) is 24.9 Å². The zero-order chi connectivity index (χ0) is 14.9. The fourth-order valence-electron chi connectivity index (χ4n) is 4.76. The first kappa shape index (κ1) is 15.3. The van der Waals surface area contributed by atoms with Gasteiger partial charge in [-0.05, 0) is 51.0 Å². The summed E-state index contributed by atoms with van der Waals surface area (Å²) in [6.45, 7) is 2.24. The summed E-state index contributed by atoms with van der Waals surface area (Å²) in [5, 5.41) is 10.7. The fraction of sp³-hybridized carbons (Fsp3) is 0.941. The first-order chi connectivity index (χ1) is 10.1. The monoisotopic (exact) mass is 294 g/mol. The fourth-order valence-corrected chi connectivity index (χ4v) is 4.76. The Morgan fingerprint density at radius 2 is 2.05 bits per heavy atom. The summed E-state index contributed by atoms with van der Waals surface area (Å²) in [7, 11) is 0. The largest absolute Gasteiger partial charge is 0.389 e. The predicted octanol–water partition coefficient (Wildman–Crippen LogP) is 1.91. The summed E-state index contributed by atoms with van der Waals surface area (Å²) < 4.78 is 0. The summed E-state index contributed by atoms with van der Waals surface area (Å²) in [6, 6.07) is 0. The molecule has 1 aliphatic heterocycles. The summed E-state index contributed by atoms with van der Waals surface area (Å²) >= 11 is 0. The molecule has 1 amide bonds. The van der Waals surface area contributed by atoms with Crippen LogP contribution in [0.1, 0.15) is 57.8 Å². The topological polar surface area (TPSA) is 66.6 Å². The van der Waals surface area contributed by atoms with Crippen molar-refractivity contribution in [3.05, 3.63) is 0 Å². The second-order valence-corrected chi connectivity index (χ2v) is 7.55. The third-order valence-electron chi connectivity index (χ3n) is 6.20. The summed E-state index contributed by atoms with van der Waals surface area (Å²) in [6.07, 6.45) is 9.45. The van der Waals surface area contributed by atoms with E-state index in [0.29, 0.717) is 24.3 Å². The van der Waals surface area contributed by atoms with Gasteiger partial charge in [0.15, 0.2) is 0 Å². The standard InChI is InChI=1S/C17H30N2O2/c18-11-13-4-3-5-14(10-13)16(20)19-9-8-17(21)7-2-1-6-15(17)12-19/h13-15,21H,1-12,18H2. The number of nitrogens with two attached hydrogens (primary N) is 1. The minimum absolute atomic E-state index is 0.182. The van der Waals surface area contributed by atoms with E-state index in [9.17, 15) is 9.90 Å². The van der Waals surface area contributed by atoms with Gasteiger partial charge in [-0.1, -0.05) is 19.3 Å². The molecule has 0 aromatic carbocycles. The Hall–Kier alpha value is -0.610. The number of carbonyl (C=O) groups is 1. The van der Waals surface area contributed by atoms with Crippen LogP contribution in [0.2, 0.25) is 0 Å². The quantitative estimate of drug-likeness (QED) is 0.817. The molecule has 4 unspecified atom stereocenters. The van der Waals surface area contributed by atoms with Gasteiger partial charge in [-0.3, -0.25) is 4.79 Å². The van der Waals surface area contributed by atoms with Crippen LogP contribution in [0.3, 0.4) is 0 Å². The molecule has 3 rings (SSSR count). The van der Waals surface area contributed by atoms with Gasteiger partial charge in [0.25, 0.3) is 0 Å². The summed E-state index contributed by atoms with van der Waals surface area (Å²) in [5.41, 5.74) is 5.31. The van der Waals surface area contributed by atoms with Gasteiger partial charge in [-0.15, -0.1) is 0 Å². The molecule has 3 aliphatic rings. The molecule has 21 heavy (non-hydrogen) atoms. The molecule has 2 saturated carbocycles. The maximum atomic E-state index is 12.8. The number of amides is 1. The van der Waals surface area contributed by atoms with E-state index < -0.39 is 5.60 Å². The zero-order valence-corrected chi connectivity index (χ0v) is 13.1. The lowest BCUT2D eigenvalue weighted by Gasteiger charge is -2.48. The molecule has 0 aromatic rings. The smallest absolute Gasteiger partial charge is 0.225 e. The maximum Gasteiger partial charge on any atom is 0.225 e. The first-order valence-corrected chi connectivity index (χ1v) is 8.83. The molecular formula is C17H30N2O2. The van der Waals surface area contributed by atoms with Crippen molar-refractivity contribution in [2.75, 3.05) is 19.6 Å². The second-order valence-electron chi connectivity index (χ2n) is 7.55. The van der Waals surface area contributed by atoms with Crippen LogP contribution in [0.5, 0.6) is 0 Å². The van der Waals surface area contributed by atoms with Crippen molar-refractivity contribution in [2.45, 2.75) is 63.4 Å². The zero-order valence-electron chi connectivity index (χ0n) is 13.1. The number of nitrogens with zero attached hydrogens (tertiary/aromatic N) is 1. The van der Waals surface area contributed by atoms with Crippen LogP contribution in [0.15, 0.2) is 0 Å². The van der Waals surface area contributed by atoms with E-state index >= 15 is 0 Å². The van der Waals surface area contributed by atoms with E-state index in [4.69, 9.17) is 5.73 Å². The normalized spacial score (nSPS) is 40.7. The van der Waals surface area contributed by atoms with Crippen LogP contribution < -0.4 is 5.73 Å². The molecule has 0 radical (unpaired) electrons. The number of likely N-dealkylation sites (tertiary alicyclic amines) is 1. The lowest BCUT2D eigenvalue weighted by Crippen LogP contribution is -2.55. The Labute approximate surface area is 128 Å². The van der Waals surface area contributed by atoms with Crippen molar-refractivity contribution in [3.63, 3.8) is 0 Å². The Balaban J connectivity index is 1.61. The Morgan fingerprint density at radius 3 is 2.86 bits per heavy atom. The van der Waals surface area contributed by atoms with E-state index in [1.807, 2.05) is 4.90 Å². The maximum absolute atomic E-state index is 12.8. The average Bonchev–Trinajstić information content (AvgIpc) is 2.53. The van der Waals surface area contributed by atoms with Crippen molar-refractivity contribution in [1.29, 1.82) is 0 Å². The van der Waals surface area contributed by atoms with E-state index in [2.05, 4.69) is 0 Å². The Morgan fingerprint density at radius 1 is 1.19 bits per heavy atom. The highest BCUT2D eigenvalue weighted by molar-refractivity contribution is 5.79. The molecule has 0 spiro atoms. The molecule has 1 heterocycles. The number of aliphatic hydroxyl groups is 1. The van der Waals surface area contributed by atoms with E-state index in [0.717, 1.165) is 58.0 Å². The molecular weight excluding hydrogens is 264 g/mol. The van der Waals surface area contributed by atoms with Gasteiger partial charge in [-0.2, -0.15) is 0 Å². The SMILES string of the molecule is NCC1CCCC(C(=O)N2CCC3(O)CCCCC3C2)C1. The van der Waals surface area contributed by atoms with Crippen LogP contribution in [0.25, 0.3) is 0 Å². The number of fused-ring (bicyclic) bond motifs is 1.